The predicted octanol–water partition coefficient (Wildman–Crippen LogP) is 1.70. The summed E-state index contributed by atoms with van der Waals surface area (Å²) in [5.74, 6) is 0.137. The van der Waals surface area contributed by atoms with Gasteiger partial charge >= 0.3 is 0 Å². The zero-order valence-corrected chi connectivity index (χ0v) is 11.6. The molecule has 0 spiro atoms. The van der Waals surface area contributed by atoms with Crippen LogP contribution < -0.4 is 10.6 Å². The highest BCUT2D eigenvalue weighted by molar-refractivity contribution is 5.97. The van der Waals surface area contributed by atoms with Crippen LogP contribution in [0.2, 0.25) is 0 Å². The van der Waals surface area contributed by atoms with E-state index in [-0.39, 0.29) is 18.0 Å². The minimum Gasteiger partial charge on any atom is -0.409 e. The van der Waals surface area contributed by atoms with Crippen molar-refractivity contribution in [3.8, 4) is 0 Å². The van der Waals surface area contributed by atoms with Gasteiger partial charge in [-0.25, -0.2) is 0 Å². The predicted molar refractivity (Wildman–Crippen MR) is 75.9 cm³/mol. The Morgan fingerprint density at radius 1 is 1.37 bits per heavy atom. The number of nitrogens with zero attached hydrogens (tertiary/aromatic N) is 2. The molecule has 1 aromatic carbocycles. The standard InChI is InChI=1S/C14H21N3O2/c1-9-6-12(14(15)16-18)4-5-13(9)17-7-10(2)19-11(3)8-17/h4-6,10-11,18H,7-8H2,1-3H3,(H2,15,16). The summed E-state index contributed by atoms with van der Waals surface area (Å²) in [7, 11) is 0. The molecule has 0 aromatic heterocycles. The molecular weight excluding hydrogens is 242 g/mol. The minimum atomic E-state index is 0.137. The summed E-state index contributed by atoms with van der Waals surface area (Å²) in [5.41, 5.74) is 8.63. The summed E-state index contributed by atoms with van der Waals surface area (Å²) >= 11 is 0. The quantitative estimate of drug-likeness (QED) is 0.369. The number of hydrogen-bond acceptors (Lipinski definition) is 4. The summed E-state index contributed by atoms with van der Waals surface area (Å²) in [4.78, 5) is 2.32. The molecule has 104 valence electrons. The second kappa shape index (κ2) is 5.48. The third-order valence-corrected chi connectivity index (χ3v) is 3.36. The summed E-state index contributed by atoms with van der Waals surface area (Å²) in [6.45, 7) is 7.97. The van der Waals surface area contributed by atoms with Gasteiger partial charge in [0.1, 0.15) is 0 Å². The van der Waals surface area contributed by atoms with Crippen LogP contribution in [0.3, 0.4) is 0 Å². The summed E-state index contributed by atoms with van der Waals surface area (Å²) in [5, 5.41) is 11.7. The second-order valence-electron chi connectivity index (χ2n) is 5.15. The summed E-state index contributed by atoms with van der Waals surface area (Å²) in [6, 6.07) is 5.84. The summed E-state index contributed by atoms with van der Waals surface area (Å²) in [6.07, 6.45) is 0.457. The number of hydrogen-bond donors (Lipinski definition) is 2. The van der Waals surface area contributed by atoms with Gasteiger partial charge in [-0.2, -0.15) is 0 Å². The van der Waals surface area contributed by atoms with Gasteiger partial charge in [-0.05, 0) is 44.5 Å². The lowest BCUT2D eigenvalue weighted by Gasteiger charge is -2.37. The molecular formula is C14H21N3O2. The van der Waals surface area contributed by atoms with Gasteiger partial charge in [-0.15, -0.1) is 0 Å². The maximum atomic E-state index is 8.70. The Balaban J connectivity index is 2.26. The van der Waals surface area contributed by atoms with E-state index >= 15 is 0 Å². The van der Waals surface area contributed by atoms with Gasteiger partial charge in [0.2, 0.25) is 0 Å². The van der Waals surface area contributed by atoms with E-state index in [0.717, 1.165) is 24.2 Å². The number of benzene rings is 1. The Kier molecular flexibility index (Phi) is 3.95. The first-order valence-electron chi connectivity index (χ1n) is 6.50. The molecule has 1 aliphatic heterocycles. The topological polar surface area (TPSA) is 71.1 Å². The van der Waals surface area contributed by atoms with Crippen molar-refractivity contribution in [3.05, 3.63) is 29.3 Å². The molecule has 2 atom stereocenters. The van der Waals surface area contributed by atoms with Crippen LogP contribution in [-0.2, 0) is 4.74 Å². The average molecular weight is 263 g/mol. The van der Waals surface area contributed by atoms with Crippen LogP contribution in [0.25, 0.3) is 0 Å². The first kappa shape index (κ1) is 13.7. The normalized spacial score (nSPS) is 24.6. The number of aryl methyl sites for hydroxylation is 1. The van der Waals surface area contributed by atoms with E-state index in [1.807, 2.05) is 25.1 Å². The number of rotatable bonds is 2. The smallest absolute Gasteiger partial charge is 0.170 e. The molecule has 2 rings (SSSR count). The molecule has 3 N–H and O–H groups in total. The Morgan fingerprint density at radius 3 is 2.53 bits per heavy atom. The lowest BCUT2D eigenvalue weighted by molar-refractivity contribution is -0.00524. The largest absolute Gasteiger partial charge is 0.409 e. The first-order valence-corrected chi connectivity index (χ1v) is 6.50. The zero-order valence-electron chi connectivity index (χ0n) is 11.6. The highest BCUT2D eigenvalue weighted by atomic mass is 16.5. The molecule has 1 saturated heterocycles. The third-order valence-electron chi connectivity index (χ3n) is 3.36. The fraction of sp³-hybridized carbons (Fsp3) is 0.500. The molecule has 1 fully saturated rings. The van der Waals surface area contributed by atoms with Crippen molar-refractivity contribution in [2.24, 2.45) is 10.9 Å². The monoisotopic (exact) mass is 263 g/mol. The second-order valence-corrected chi connectivity index (χ2v) is 5.15. The fourth-order valence-corrected chi connectivity index (χ4v) is 2.60. The Morgan fingerprint density at radius 2 is 2.00 bits per heavy atom. The highest BCUT2D eigenvalue weighted by Crippen LogP contribution is 2.25. The van der Waals surface area contributed by atoms with Crippen LogP contribution >= 0.6 is 0 Å². The van der Waals surface area contributed by atoms with Gasteiger partial charge in [0.15, 0.2) is 5.84 Å². The first-order chi connectivity index (χ1) is 9.01. The van der Waals surface area contributed by atoms with Crippen molar-refractivity contribution in [2.75, 3.05) is 18.0 Å². The average Bonchev–Trinajstić information content (AvgIpc) is 2.36. The van der Waals surface area contributed by atoms with Crippen molar-refractivity contribution in [2.45, 2.75) is 33.0 Å². The van der Waals surface area contributed by atoms with Crippen LogP contribution in [-0.4, -0.2) is 36.3 Å². The van der Waals surface area contributed by atoms with Crippen LogP contribution in [0, 0.1) is 6.92 Å². The molecule has 1 aromatic rings. The molecule has 19 heavy (non-hydrogen) atoms. The molecule has 5 heteroatoms. The molecule has 1 aliphatic rings. The van der Waals surface area contributed by atoms with Crippen LogP contribution in [0.4, 0.5) is 5.69 Å². The zero-order chi connectivity index (χ0) is 14.0. The number of ether oxygens (including phenoxy) is 1. The Hall–Kier alpha value is -1.75. The number of amidine groups is 1. The number of nitrogens with two attached hydrogens (primary N) is 1. The maximum Gasteiger partial charge on any atom is 0.170 e. The van der Waals surface area contributed by atoms with Crippen molar-refractivity contribution in [1.29, 1.82) is 0 Å². The molecule has 2 unspecified atom stereocenters. The number of oxime groups is 1. The molecule has 5 nitrogen and oxygen atoms in total. The van der Waals surface area contributed by atoms with E-state index in [4.69, 9.17) is 15.7 Å². The van der Waals surface area contributed by atoms with Gasteiger partial charge in [-0.3, -0.25) is 0 Å². The van der Waals surface area contributed by atoms with Crippen molar-refractivity contribution in [3.63, 3.8) is 0 Å². The minimum absolute atomic E-state index is 0.137. The van der Waals surface area contributed by atoms with Crippen LogP contribution in [0.15, 0.2) is 23.4 Å². The number of anilines is 1. The Bertz CT molecular complexity index is 478. The molecule has 0 bridgehead atoms. The van der Waals surface area contributed by atoms with Gasteiger partial charge in [0.05, 0.1) is 12.2 Å². The maximum absolute atomic E-state index is 8.70. The van der Waals surface area contributed by atoms with Gasteiger partial charge in [-0.1, -0.05) is 5.16 Å². The number of morpholine rings is 1. The molecule has 0 radical (unpaired) electrons. The van der Waals surface area contributed by atoms with Gasteiger partial charge < -0.3 is 20.6 Å². The van der Waals surface area contributed by atoms with Gasteiger partial charge in [0.25, 0.3) is 0 Å². The molecule has 1 heterocycles. The van der Waals surface area contributed by atoms with Gasteiger partial charge in [0, 0.05) is 24.3 Å². The van der Waals surface area contributed by atoms with E-state index in [9.17, 15) is 0 Å². The molecule has 0 saturated carbocycles. The van der Waals surface area contributed by atoms with Crippen molar-refractivity contribution >= 4 is 11.5 Å². The highest BCUT2D eigenvalue weighted by Gasteiger charge is 2.23. The molecule has 0 aliphatic carbocycles. The fourth-order valence-electron chi connectivity index (χ4n) is 2.60. The van der Waals surface area contributed by atoms with Crippen molar-refractivity contribution in [1.82, 2.24) is 0 Å². The lowest BCUT2D eigenvalue weighted by Crippen LogP contribution is -2.45. The molecule has 0 amide bonds. The van der Waals surface area contributed by atoms with E-state index in [2.05, 4.69) is 23.9 Å². The van der Waals surface area contributed by atoms with Crippen molar-refractivity contribution < 1.29 is 9.94 Å². The SMILES string of the molecule is Cc1cc(/C(N)=N/O)ccc1N1CC(C)OC(C)C1. The third kappa shape index (κ3) is 2.98. The lowest BCUT2D eigenvalue weighted by atomic mass is 10.1. The summed E-state index contributed by atoms with van der Waals surface area (Å²) < 4.78 is 5.74. The van der Waals surface area contributed by atoms with E-state index in [1.54, 1.807) is 0 Å². The van der Waals surface area contributed by atoms with E-state index in [1.165, 1.54) is 5.69 Å². The Labute approximate surface area is 113 Å². The van der Waals surface area contributed by atoms with E-state index < -0.39 is 0 Å². The van der Waals surface area contributed by atoms with Crippen LogP contribution in [0.5, 0.6) is 0 Å². The van der Waals surface area contributed by atoms with Crippen LogP contribution in [0.1, 0.15) is 25.0 Å². The van der Waals surface area contributed by atoms with E-state index in [0.29, 0.717) is 0 Å².